The predicted molar refractivity (Wildman–Crippen MR) is 87.7 cm³/mol. The lowest BCUT2D eigenvalue weighted by atomic mass is 10.0. The van der Waals surface area contributed by atoms with E-state index in [-0.39, 0.29) is 6.04 Å². The van der Waals surface area contributed by atoms with Crippen LogP contribution in [0.5, 0.6) is 5.88 Å². The first-order valence-electron chi connectivity index (χ1n) is 6.67. The molecule has 0 aliphatic rings. The maximum absolute atomic E-state index is 6.28. The Morgan fingerprint density at radius 3 is 2.76 bits per heavy atom. The zero-order valence-electron chi connectivity index (χ0n) is 11.9. The molecule has 0 saturated heterocycles. The van der Waals surface area contributed by atoms with Crippen molar-refractivity contribution in [2.24, 2.45) is 0 Å². The van der Waals surface area contributed by atoms with Crippen LogP contribution in [0.2, 0.25) is 8.67 Å². The molecule has 0 saturated carbocycles. The molecule has 0 fully saturated rings. The Hall–Kier alpha value is -0.880. The van der Waals surface area contributed by atoms with E-state index in [2.05, 4.69) is 22.2 Å². The summed E-state index contributed by atoms with van der Waals surface area (Å²) in [6.45, 7) is 3.02. The van der Waals surface area contributed by atoms with Crippen molar-refractivity contribution in [3.63, 3.8) is 0 Å². The number of hydrogen-bond acceptors (Lipinski definition) is 5. The van der Waals surface area contributed by atoms with E-state index in [0.29, 0.717) is 16.6 Å². The van der Waals surface area contributed by atoms with Gasteiger partial charge in [-0.15, -0.1) is 11.3 Å². The molecule has 2 heterocycles. The minimum Gasteiger partial charge on any atom is -0.481 e. The zero-order valence-corrected chi connectivity index (χ0v) is 14.2. The van der Waals surface area contributed by atoms with E-state index < -0.39 is 0 Å². The third kappa shape index (κ3) is 4.54. The summed E-state index contributed by atoms with van der Waals surface area (Å²) in [5.41, 5.74) is 1.91. The lowest BCUT2D eigenvalue weighted by Crippen LogP contribution is -2.24. The third-order valence-electron chi connectivity index (χ3n) is 3.02. The van der Waals surface area contributed by atoms with E-state index in [1.54, 1.807) is 7.11 Å². The van der Waals surface area contributed by atoms with Crippen molar-refractivity contribution in [1.29, 1.82) is 0 Å². The molecule has 0 radical (unpaired) electrons. The van der Waals surface area contributed by atoms with E-state index in [0.717, 1.165) is 28.6 Å². The largest absolute Gasteiger partial charge is 0.481 e. The summed E-state index contributed by atoms with van der Waals surface area (Å²) in [6.07, 6.45) is 3.25. The van der Waals surface area contributed by atoms with E-state index in [9.17, 15) is 0 Å². The van der Waals surface area contributed by atoms with Crippen LogP contribution in [-0.2, 0) is 6.42 Å². The molecular weight excluding hydrogens is 329 g/mol. The van der Waals surface area contributed by atoms with Gasteiger partial charge in [-0.1, -0.05) is 30.1 Å². The Balaban J connectivity index is 2.21. The quantitative estimate of drug-likeness (QED) is 0.819. The number of halogens is 2. The summed E-state index contributed by atoms with van der Waals surface area (Å²) in [5.74, 6) is 0.559. The molecule has 0 aliphatic carbocycles. The minimum atomic E-state index is 0.0702. The number of hydrogen-bond donors (Lipinski definition) is 1. The molecule has 7 heteroatoms. The fourth-order valence-corrected chi connectivity index (χ4v) is 3.59. The number of nitrogens with one attached hydrogen (secondary N) is 1. The second kappa shape index (κ2) is 7.94. The first kappa shape index (κ1) is 16.5. The standard InChI is InChI=1S/C14H17Cl2N3OS/c1-3-4-17-11(10-7-12(15)21-14(10)16)5-9-6-13(20-2)19-8-18-9/h6-8,11,17H,3-5H2,1-2H3. The zero-order chi connectivity index (χ0) is 15.2. The number of thiophene rings is 1. The highest BCUT2D eigenvalue weighted by molar-refractivity contribution is 7.20. The van der Waals surface area contributed by atoms with Crippen molar-refractivity contribution in [2.75, 3.05) is 13.7 Å². The summed E-state index contributed by atoms with van der Waals surface area (Å²) in [4.78, 5) is 8.32. The van der Waals surface area contributed by atoms with Crippen LogP contribution in [0.15, 0.2) is 18.5 Å². The average molecular weight is 346 g/mol. The van der Waals surface area contributed by atoms with Crippen molar-refractivity contribution in [3.05, 3.63) is 38.4 Å². The van der Waals surface area contributed by atoms with Gasteiger partial charge < -0.3 is 10.1 Å². The van der Waals surface area contributed by atoms with Crippen LogP contribution in [0.4, 0.5) is 0 Å². The second-order valence-corrected chi connectivity index (χ2v) is 6.83. The summed E-state index contributed by atoms with van der Waals surface area (Å²) in [5, 5.41) is 3.49. The first-order valence-corrected chi connectivity index (χ1v) is 8.24. The number of rotatable bonds is 7. The Kier molecular flexibility index (Phi) is 6.23. The molecule has 1 unspecified atom stereocenters. The fourth-order valence-electron chi connectivity index (χ4n) is 2.01. The Morgan fingerprint density at radius 1 is 1.33 bits per heavy atom. The van der Waals surface area contributed by atoms with Crippen molar-refractivity contribution >= 4 is 34.5 Å². The van der Waals surface area contributed by atoms with Gasteiger partial charge in [-0.25, -0.2) is 9.97 Å². The van der Waals surface area contributed by atoms with Crippen LogP contribution in [0.25, 0.3) is 0 Å². The molecule has 0 bridgehead atoms. The van der Waals surface area contributed by atoms with Gasteiger partial charge in [0.15, 0.2) is 0 Å². The van der Waals surface area contributed by atoms with Gasteiger partial charge in [-0.3, -0.25) is 0 Å². The molecule has 2 aromatic heterocycles. The van der Waals surface area contributed by atoms with Gasteiger partial charge in [0.05, 0.1) is 15.8 Å². The molecule has 114 valence electrons. The Morgan fingerprint density at radius 2 is 2.14 bits per heavy atom. The number of nitrogens with zero attached hydrogens (tertiary/aromatic N) is 2. The van der Waals surface area contributed by atoms with E-state index in [1.807, 2.05) is 12.1 Å². The van der Waals surface area contributed by atoms with Crippen LogP contribution in [-0.4, -0.2) is 23.6 Å². The molecular formula is C14H17Cl2N3OS. The maximum Gasteiger partial charge on any atom is 0.216 e. The number of aromatic nitrogens is 2. The van der Waals surface area contributed by atoms with Crippen molar-refractivity contribution in [3.8, 4) is 5.88 Å². The van der Waals surface area contributed by atoms with Crippen LogP contribution >= 0.6 is 34.5 Å². The van der Waals surface area contributed by atoms with Crippen LogP contribution in [0.3, 0.4) is 0 Å². The normalized spacial score (nSPS) is 12.4. The molecule has 0 spiro atoms. The Bertz CT molecular complexity index is 591. The van der Waals surface area contributed by atoms with E-state index in [1.165, 1.54) is 17.7 Å². The minimum absolute atomic E-state index is 0.0702. The summed E-state index contributed by atoms with van der Waals surface area (Å²) >= 11 is 13.7. The summed E-state index contributed by atoms with van der Waals surface area (Å²) in [6, 6.07) is 3.82. The first-order chi connectivity index (χ1) is 10.1. The van der Waals surface area contributed by atoms with Crippen LogP contribution < -0.4 is 10.1 Å². The lowest BCUT2D eigenvalue weighted by Gasteiger charge is -2.18. The third-order valence-corrected chi connectivity index (χ3v) is 4.54. The SMILES string of the molecule is CCCNC(Cc1cc(OC)ncn1)c1cc(Cl)sc1Cl. The van der Waals surface area contributed by atoms with Crippen molar-refractivity contribution in [2.45, 2.75) is 25.8 Å². The summed E-state index contributed by atoms with van der Waals surface area (Å²) < 4.78 is 6.54. The molecule has 1 atom stereocenters. The molecule has 1 N–H and O–H groups in total. The molecule has 2 rings (SSSR count). The van der Waals surface area contributed by atoms with Crippen LogP contribution in [0, 0.1) is 0 Å². The van der Waals surface area contributed by atoms with Gasteiger partial charge >= 0.3 is 0 Å². The highest BCUT2D eigenvalue weighted by Gasteiger charge is 2.18. The number of ether oxygens (including phenoxy) is 1. The van der Waals surface area contributed by atoms with Crippen LogP contribution in [0.1, 0.15) is 30.6 Å². The lowest BCUT2D eigenvalue weighted by molar-refractivity contribution is 0.395. The molecule has 21 heavy (non-hydrogen) atoms. The number of methoxy groups -OCH3 is 1. The maximum atomic E-state index is 6.28. The monoisotopic (exact) mass is 345 g/mol. The van der Waals surface area contributed by atoms with Gasteiger partial charge in [0.2, 0.25) is 5.88 Å². The molecule has 0 aromatic carbocycles. The predicted octanol–water partition coefficient (Wildman–Crippen LogP) is 4.14. The molecule has 2 aromatic rings. The summed E-state index contributed by atoms with van der Waals surface area (Å²) in [7, 11) is 1.59. The van der Waals surface area contributed by atoms with Gasteiger partial charge in [0, 0.05) is 29.8 Å². The highest BCUT2D eigenvalue weighted by Crippen LogP contribution is 2.36. The fraction of sp³-hybridized carbons (Fsp3) is 0.429. The van der Waals surface area contributed by atoms with E-state index in [4.69, 9.17) is 27.9 Å². The van der Waals surface area contributed by atoms with Gasteiger partial charge in [-0.2, -0.15) is 0 Å². The topological polar surface area (TPSA) is 47.0 Å². The molecule has 0 amide bonds. The smallest absolute Gasteiger partial charge is 0.216 e. The van der Waals surface area contributed by atoms with Gasteiger partial charge in [-0.05, 0) is 19.0 Å². The average Bonchev–Trinajstić information content (AvgIpc) is 2.82. The molecule has 4 nitrogen and oxygen atoms in total. The Labute approximate surface area is 138 Å². The van der Waals surface area contributed by atoms with Gasteiger partial charge in [0.1, 0.15) is 6.33 Å². The van der Waals surface area contributed by atoms with Gasteiger partial charge in [0.25, 0.3) is 0 Å². The highest BCUT2D eigenvalue weighted by atomic mass is 35.5. The second-order valence-electron chi connectivity index (χ2n) is 4.54. The molecule has 0 aliphatic heterocycles. The van der Waals surface area contributed by atoms with Crippen molar-refractivity contribution < 1.29 is 4.74 Å². The van der Waals surface area contributed by atoms with E-state index >= 15 is 0 Å². The van der Waals surface area contributed by atoms with Crippen molar-refractivity contribution in [1.82, 2.24) is 15.3 Å².